The van der Waals surface area contributed by atoms with E-state index in [1.165, 1.54) is 5.56 Å². The Balaban J connectivity index is 1.49. The van der Waals surface area contributed by atoms with Crippen molar-refractivity contribution >= 4 is 0 Å². The highest BCUT2D eigenvalue weighted by molar-refractivity contribution is 5.37. The first-order chi connectivity index (χ1) is 8.42. The molecule has 2 heterocycles. The lowest BCUT2D eigenvalue weighted by molar-refractivity contribution is 0.226. The van der Waals surface area contributed by atoms with Crippen molar-refractivity contribution in [2.45, 2.75) is 19.1 Å². The van der Waals surface area contributed by atoms with Crippen LogP contribution in [0.1, 0.15) is 11.3 Å². The van der Waals surface area contributed by atoms with E-state index in [-0.39, 0.29) is 6.10 Å². The van der Waals surface area contributed by atoms with Crippen LogP contribution in [0.15, 0.2) is 41.1 Å². The van der Waals surface area contributed by atoms with Gasteiger partial charge in [-0.25, -0.2) is 0 Å². The lowest BCUT2D eigenvalue weighted by Crippen LogP contribution is -2.29. The molecule has 0 spiro atoms. The van der Waals surface area contributed by atoms with E-state index in [0.29, 0.717) is 6.54 Å². The molecular formula is C13H14N2O2. The Morgan fingerprint density at radius 2 is 2.24 bits per heavy atom. The zero-order valence-electron chi connectivity index (χ0n) is 9.43. The molecule has 4 nitrogen and oxygen atoms in total. The third kappa shape index (κ3) is 2.31. The summed E-state index contributed by atoms with van der Waals surface area (Å²) in [6, 6.07) is 10.1. The number of fused-ring (bicyclic) bond motifs is 1. The summed E-state index contributed by atoms with van der Waals surface area (Å²) in [5.74, 6) is 1.01. The molecule has 4 heteroatoms. The van der Waals surface area contributed by atoms with E-state index < -0.39 is 0 Å². The second-order valence-electron chi connectivity index (χ2n) is 4.17. The van der Waals surface area contributed by atoms with Crippen molar-refractivity contribution < 1.29 is 9.26 Å². The number of rotatable bonds is 4. The van der Waals surface area contributed by atoms with Crippen LogP contribution >= 0.6 is 0 Å². The monoisotopic (exact) mass is 230 g/mol. The molecule has 1 N–H and O–H groups in total. The molecule has 1 aromatic carbocycles. The summed E-state index contributed by atoms with van der Waals surface area (Å²) < 4.78 is 10.6. The lowest BCUT2D eigenvalue weighted by atomic mass is 10.1. The molecule has 1 aliphatic heterocycles. The minimum absolute atomic E-state index is 0.222. The van der Waals surface area contributed by atoms with Crippen molar-refractivity contribution in [1.29, 1.82) is 0 Å². The van der Waals surface area contributed by atoms with E-state index >= 15 is 0 Å². The molecule has 1 aliphatic rings. The van der Waals surface area contributed by atoms with Crippen molar-refractivity contribution in [3.63, 3.8) is 0 Å². The fourth-order valence-electron chi connectivity index (χ4n) is 2.06. The van der Waals surface area contributed by atoms with Gasteiger partial charge in [0, 0.05) is 25.6 Å². The predicted molar refractivity (Wildman–Crippen MR) is 62.8 cm³/mol. The van der Waals surface area contributed by atoms with Crippen molar-refractivity contribution in [1.82, 2.24) is 10.5 Å². The third-order valence-corrected chi connectivity index (χ3v) is 2.88. The van der Waals surface area contributed by atoms with Gasteiger partial charge < -0.3 is 14.6 Å². The van der Waals surface area contributed by atoms with Crippen molar-refractivity contribution in [3.05, 3.63) is 47.9 Å². The standard InChI is InChI=1S/C13H14N2O2/c1-2-4-13-10(3-1)7-12(17-13)9-14-8-11-5-6-16-15-11/h1-6,12,14H,7-9H2. The predicted octanol–water partition coefficient (Wildman–Crippen LogP) is 1.77. The number of nitrogens with zero attached hydrogens (tertiary/aromatic N) is 1. The van der Waals surface area contributed by atoms with Crippen LogP contribution in [0, 0.1) is 0 Å². The fourth-order valence-corrected chi connectivity index (χ4v) is 2.06. The smallest absolute Gasteiger partial charge is 0.124 e. The summed E-state index contributed by atoms with van der Waals surface area (Å²) >= 11 is 0. The summed E-state index contributed by atoms with van der Waals surface area (Å²) in [7, 11) is 0. The highest BCUT2D eigenvalue weighted by Gasteiger charge is 2.21. The van der Waals surface area contributed by atoms with Gasteiger partial charge in [-0.3, -0.25) is 0 Å². The van der Waals surface area contributed by atoms with Crippen LogP contribution in [0.25, 0.3) is 0 Å². The molecule has 0 bridgehead atoms. The number of aromatic nitrogens is 1. The van der Waals surface area contributed by atoms with Gasteiger partial charge in [0.1, 0.15) is 18.1 Å². The molecule has 1 unspecified atom stereocenters. The quantitative estimate of drug-likeness (QED) is 0.869. The molecule has 0 saturated heterocycles. The zero-order chi connectivity index (χ0) is 11.5. The van der Waals surface area contributed by atoms with Gasteiger partial charge in [-0.2, -0.15) is 0 Å². The molecule has 0 amide bonds. The topological polar surface area (TPSA) is 47.3 Å². The van der Waals surface area contributed by atoms with Crippen LogP contribution in [0.2, 0.25) is 0 Å². The molecule has 0 radical (unpaired) electrons. The SMILES string of the molecule is c1ccc2c(c1)CC(CNCc1ccon1)O2. The summed E-state index contributed by atoms with van der Waals surface area (Å²) in [5, 5.41) is 7.16. The number of nitrogens with one attached hydrogen (secondary N) is 1. The normalized spacial score (nSPS) is 17.8. The maximum Gasteiger partial charge on any atom is 0.124 e. The number of hydrogen-bond acceptors (Lipinski definition) is 4. The second-order valence-corrected chi connectivity index (χ2v) is 4.17. The molecule has 3 rings (SSSR count). The van der Waals surface area contributed by atoms with Crippen LogP contribution in [0.5, 0.6) is 5.75 Å². The molecule has 1 atom stereocenters. The van der Waals surface area contributed by atoms with Gasteiger partial charge in [0.25, 0.3) is 0 Å². The van der Waals surface area contributed by atoms with Crippen LogP contribution in [-0.2, 0) is 13.0 Å². The molecule has 0 aliphatic carbocycles. The maximum atomic E-state index is 5.82. The highest BCUT2D eigenvalue weighted by Crippen LogP contribution is 2.27. The summed E-state index contributed by atoms with van der Waals surface area (Å²) in [5.41, 5.74) is 2.21. The van der Waals surface area contributed by atoms with E-state index in [1.54, 1.807) is 6.26 Å². The fraction of sp³-hybridized carbons (Fsp3) is 0.308. The first kappa shape index (κ1) is 10.4. The van der Waals surface area contributed by atoms with E-state index in [0.717, 1.165) is 24.4 Å². The first-order valence-electron chi connectivity index (χ1n) is 5.76. The molecule has 0 fully saturated rings. The Kier molecular flexibility index (Phi) is 2.80. The Hall–Kier alpha value is -1.81. The van der Waals surface area contributed by atoms with Gasteiger partial charge in [-0.05, 0) is 11.6 Å². The third-order valence-electron chi connectivity index (χ3n) is 2.88. The highest BCUT2D eigenvalue weighted by atomic mass is 16.5. The van der Waals surface area contributed by atoms with Crippen molar-refractivity contribution in [2.24, 2.45) is 0 Å². The molecule has 2 aromatic rings. The number of ether oxygens (including phenoxy) is 1. The van der Waals surface area contributed by atoms with Crippen molar-refractivity contribution in [2.75, 3.05) is 6.54 Å². The number of para-hydroxylation sites is 1. The average Bonchev–Trinajstić information content (AvgIpc) is 2.96. The largest absolute Gasteiger partial charge is 0.488 e. The van der Waals surface area contributed by atoms with Crippen LogP contribution in [-0.4, -0.2) is 17.8 Å². The molecular weight excluding hydrogens is 216 g/mol. The van der Waals surface area contributed by atoms with Gasteiger partial charge in [0.2, 0.25) is 0 Å². The van der Waals surface area contributed by atoms with E-state index in [4.69, 9.17) is 9.26 Å². The minimum atomic E-state index is 0.222. The van der Waals surface area contributed by atoms with Gasteiger partial charge in [-0.15, -0.1) is 0 Å². The van der Waals surface area contributed by atoms with E-state index in [1.807, 2.05) is 24.3 Å². The van der Waals surface area contributed by atoms with Gasteiger partial charge >= 0.3 is 0 Å². The van der Waals surface area contributed by atoms with Gasteiger partial charge in [0.05, 0.1) is 5.69 Å². The Morgan fingerprint density at radius 1 is 1.29 bits per heavy atom. The number of hydrogen-bond donors (Lipinski definition) is 1. The summed E-state index contributed by atoms with van der Waals surface area (Å²) in [6.07, 6.45) is 2.78. The molecule has 0 saturated carbocycles. The van der Waals surface area contributed by atoms with Crippen LogP contribution in [0.3, 0.4) is 0 Å². The summed E-state index contributed by atoms with van der Waals surface area (Å²) in [6.45, 7) is 1.54. The van der Waals surface area contributed by atoms with Gasteiger partial charge in [-0.1, -0.05) is 23.4 Å². The number of benzene rings is 1. The van der Waals surface area contributed by atoms with Crippen molar-refractivity contribution in [3.8, 4) is 5.75 Å². The Bertz CT molecular complexity index is 457. The maximum absolute atomic E-state index is 5.82. The van der Waals surface area contributed by atoms with Crippen LogP contribution in [0.4, 0.5) is 0 Å². The first-order valence-corrected chi connectivity index (χ1v) is 5.76. The van der Waals surface area contributed by atoms with Crippen LogP contribution < -0.4 is 10.1 Å². The Morgan fingerprint density at radius 3 is 3.06 bits per heavy atom. The molecule has 17 heavy (non-hydrogen) atoms. The Labute approximate surface area is 99.6 Å². The second kappa shape index (κ2) is 4.59. The minimum Gasteiger partial charge on any atom is -0.488 e. The zero-order valence-corrected chi connectivity index (χ0v) is 9.43. The summed E-state index contributed by atoms with van der Waals surface area (Å²) in [4.78, 5) is 0. The lowest BCUT2D eigenvalue weighted by Gasteiger charge is -2.10. The molecule has 88 valence electrons. The van der Waals surface area contributed by atoms with E-state index in [9.17, 15) is 0 Å². The van der Waals surface area contributed by atoms with Gasteiger partial charge in [0.15, 0.2) is 0 Å². The van der Waals surface area contributed by atoms with E-state index in [2.05, 4.69) is 16.5 Å². The molecule has 1 aromatic heterocycles. The average molecular weight is 230 g/mol.